The molecule has 0 saturated carbocycles. The Morgan fingerprint density at radius 3 is 2.19 bits per heavy atom. The number of hydrogen-bond donors (Lipinski definition) is 2. The summed E-state index contributed by atoms with van der Waals surface area (Å²) in [4.78, 5) is 10.2. The Morgan fingerprint density at radius 2 is 1.75 bits per heavy atom. The van der Waals surface area contributed by atoms with Gasteiger partial charge in [0, 0.05) is 0 Å². The van der Waals surface area contributed by atoms with E-state index in [-0.39, 0.29) is 13.2 Å². The van der Waals surface area contributed by atoms with E-state index < -0.39 is 12.1 Å². The molecule has 16 heavy (non-hydrogen) atoms. The fraction of sp³-hybridized carbons (Fsp3) is 0.364. The maximum atomic E-state index is 10.2. The number of aliphatic carboxylic acids is 1. The van der Waals surface area contributed by atoms with Crippen LogP contribution in [0.2, 0.25) is 0 Å². The van der Waals surface area contributed by atoms with Gasteiger partial charge in [0.15, 0.2) is 6.61 Å². The smallest absolute Gasteiger partial charge is 0.341 e. The van der Waals surface area contributed by atoms with Gasteiger partial charge < -0.3 is 19.7 Å². The summed E-state index contributed by atoms with van der Waals surface area (Å²) >= 11 is 0. The van der Waals surface area contributed by atoms with E-state index in [2.05, 4.69) is 0 Å². The molecule has 0 radical (unpaired) electrons. The fourth-order valence-corrected chi connectivity index (χ4v) is 0.994. The van der Waals surface area contributed by atoms with E-state index in [4.69, 9.17) is 19.7 Å². The van der Waals surface area contributed by atoms with Gasteiger partial charge in [-0.05, 0) is 31.2 Å². The van der Waals surface area contributed by atoms with Crippen LogP contribution in [-0.2, 0) is 4.79 Å². The predicted octanol–water partition coefficient (Wildman–Crippen LogP) is 0.910. The lowest BCUT2D eigenvalue weighted by Crippen LogP contribution is -2.12. The van der Waals surface area contributed by atoms with Crippen molar-refractivity contribution < 1.29 is 24.5 Å². The van der Waals surface area contributed by atoms with E-state index in [0.717, 1.165) is 0 Å². The fourth-order valence-electron chi connectivity index (χ4n) is 0.994. The molecule has 0 fully saturated rings. The summed E-state index contributed by atoms with van der Waals surface area (Å²) in [5.41, 5.74) is 0. The zero-order valence-corrected chi connectivity index (χ0v) is 8.92. The summed E-state index contributed by atoms with van der Waals surface area (Å²) in [5, 5.41) is 17.4. The molecule has 0 aliphatic rings. The van der Waals surface area contributed by atoms with E-state index in [9.17, 15) is 4.79 Å². The van der Waals surface area contributed by atoms with Crippen molar-refractivity contribution in [1.82, 2.24) is 0 Å². The van der Waals surface area contributed by atoms with Gasteiger partial charge in [-0.3, -0.25) is 0 Å². The van der Waals surface area contributed by atoms with Gasteiger partial charge in [0.1, 0.15) is 18.1 Å². The molecule has 0 bridgehead atoms. The lowest BCUT2D eigenvalue weighted by atomic mass is 10.3. The summed E-state index contributed by atoms with van der Waals surface area (Å²) in [6, 6.07) is 6.53. The van der Waals surface area contributed by atoms with Gasteiger partial charge in [-0.1, -0.05) is 0 Å². The second kappa shape index (κ2) is 5.97. The first-order valence-corrected chi connectivity index (χ1v) is 4.83. The summed E-state index contributed by atoms with van der Waals surface area (Å²) in [6.45, 7) is 1.48. The number of hydrogen-bond acceptors (Lipinski definition) is 4. The lowest BCUT2D eigenvalue weighted by molar-refractivity contribution is -0.139. The molecule has 0 aromatic heterocycles. The highest BCUT2D eigenvalue weighted by atomic mass is 16.5. The number of rotatable bonds is 6. The molecule has 0 spiro atoms. The Kier molecular flexibility index (Phi) is 4.60. The lowest BCUT2D eigenvalue weighted by Gasteiger charge is -2.08. The zero-order valence-electron chi connectivity index (χ0n) is 8.92. The van der Waals surface area contributed by atoms with Gasteiger partial charge in [-0.25, -0.2) is 4.79 Å². The first-order valence-electron chi connectivity index (χ1n) is 4.83. The van der Waals surface area contributed by atoms with Gasteiger partial charge in [-0.15, -0.1) is 0 Å². The maximum Gasteiger partial charge on any atom is 0.341 e. The maximum absolute atomic E-state index is 10.2. The van der Waals surface area contributed by atoms with E-state index in [1.807, 2.05) is 0 Å². The number of carboxylic acids is 1. The third kappa shape index (κ3) is 4.65. The van der Waals surface area contributed by atoms with Gasteiger partial charge in [-0.2, -0.15) is 0 Å². The molecule has 0 amide bonds. The van der Waals surface area contributed by atoms with Crippen LogP contribution < -0.4 is 9.47 Å². The highest BCUT2D eigenvalue weighted by molar-refractivity contribution is 5.68. The predicted molar refractivity (Wildman–Crippen MR) is 56.7 cm³/mol. The first-order chi connectivity index (χ1) is 7.58. The molecule has 1 atom stereocenters. The van der Waals surface area contributed by atoms with Crippen molar-refractivity contribution in [3.8, 4) is 11.5 Å². The van der Waals surface area contributed by atoms with Crippen molar-refractivity contribution in [2.24, 2.45) is 0 Å². The second-order valence-corrected chi connectivity index (χ2v) is 3.31. The van der Waals surface area contributed by atoms with E-state index in [0.29, 0.717) is 11.5 Å². The topological polar surface area (TPSA) is 76.0 Å². The quantitative estimate of drug-likeness (QED) is 0.754. The van der Waals surface area contributed by atoms with E-state index >= 15 is 0 Å². The Morgan fingerprint density at radius 1 is 1.25 bits per heavy atom. The zero-order chi connectivity index (χ0) is 12.0. The molecule has 88 valence electrons. The Balaban J connectivity index is 2.44. The van der Waals surface area contributed by atoms with Crippen molar-refractivity contribution in [2.45, 2.75) is 13.0 Å². The molecule has 1 aromatic carbocycles. The number of carboxylic acid groups (broad SMARTS) is 1. The van der Waals surface area contributed by atoms with Gasteiger partial charge in [0.2, 0.25) is 0 Å². The van der Waals surface area contributed by atoms with Crippen LogP contribution in [0, 0.1) is 0 Å². The highest BCUT2D eigenvalue weighted by Gasteiger charge is 2.01. The minimum atomic E-state index is -1.02. The van der Waals surface area contributed by atoms with Gasteiger partial charge >= 0.3 is 5.97 Å². The third-order valence-electron chi connectivity index (χ3n) is 1.68. The molecule has 0 saturated heterocycles. The second-order valence-electron chi connectivity index (χ2n) is 3.31. The van der Waals surface area contributed by atoms with Crippen LogP contribution in [0.1, 0.15) is 6.92 Å². The monoisotopic (exact) mass is 226 g/mol. The molecule has 1 rings (SSSR count). The average Bonchev–Trinajstić information content (AvgIpc) is 2.25. The molecule has 2 N–H and O–H groups in total. The Bertz CT molecular complexity index is 331. The average molecular weight is 226 g/mol. The molecule has 1 aromatic rings. The van der Waals surface area contributed by atoms with E-state index in [1.54, 1.807) is 31.2 Å². The van der Waals surface area contributed by atoms with Crippen LogP contribution in [-0.4, -0.2) is 35.5 Å². The molecule has 5 nitrogen and oxygen atoms in total. The highest BCUT2D eigenvalue weighted by Crippen LogP contribution is 2.17. The first kappa shape index (κ1) is 12.3. The normalized spacial score (nSPS) is 11.9. The van der Waals surface area contributed by atoms with Crippen LogP contribution in [0.5, 0.6) is 11.5 Å². The summed E-state index contributed by atoms with van der Waals surface area (Å²) in [5.74, 6) is 0.0461. The van der Waals surface area contributed by atoms with Crippen molar-refractivity contribution in [1.29, 1.82) is 0 Å². The minimum absolute atomic E-state index is 0.218. The van der Waals surface area contributed by atoms with E-state index in [1.165, 1.54) is 0 Å². The molecule has 5 heteroatoms. The largest absolute Gasteiger partial charge is 0.491 e. The standard InChI is InChI=1S/C11H14O5/c1-8(12)6-15-9-2-4-10(5-3-9)16-7-11(13)14/h2-5,8,12H,6-7H2,1H3,(H,13,14). The SMILES string of the molecule is CC(O)COc1ccc(OCC(=O)O)cc1. The van der Waals surface area contributed by atoms with Crippen LogP contribution in [0.4, 0.5) is 0 Å². The van der Waals surface area contributed by atoms with Crippen LogP contribution in [0.3, 0.4) is 0 Å². The van der Waals surface area contributed by atoms with Crippen molar-refractivity contribution in [2.75, 3.05) is 13.2 Å². The molecule has 0 aliphatic carbocycles. The number of aliphatic hydroxyl groups is 1. The molecule has 0 aliphatic heterocycles. The van der Waals surface area contributed by atoms with Crippen molar-refractivity contribution in [3.63, 3.8) is 0 Å². The molecule has 1 unspecified atom stereocenters. The third-order valence-corrected chi connectivity index (χ3v) is 1.68. The molecular weight excluding hydrogens is 212 g/mol. The Hall–Kier alpha value is -1.75. The van der Waals surface area contributed by atoms with Crippen molar-refractivity contribution >= 4 is 5.97 Å². The Labute approximate surface area is 93.2 Å². The summed E-state index contributed by atoms with van der Waals surface area (Å²) in [6.07, 6.45) is -0.525. The molecule has 0 heterocycles. The number of aliphatic hydroxyl groups excluding tert-OH is 1. The van der Waals surface area contributed by atoms with Crippen LogP contribution in [0.25, 0.3) is 0 Å². The number of ether oxygens (including phenoxy) is 2. The van der Waals surface area contributed by atoms with Crippen LogP contribution >= 0.6 is 0 Å². The van der Waals surface area contributed by atoms with Crippen LogP contribution in [0.15, 0.2) is 24.3 Å². The van der Waals surface area contributed by atoms with Crippen molar-refractivity contribution in [3.05, 3.63) is 24.3 Å². The minimum Gasteiger partial charge on any atom is -0.491 e. The summed E-state index contributed by atoms with van der Waals surface area (Å²) < 4.78 is 10.2. The molecular formula is C11H14O5. The summed E-state index contributed by atoms with van der Waals surface area (Å²) in [7, 11) is 0. The number of carbonyl (C=O) groups is 1. The van der Waals surface area contributed by atoms with Gasteiger partial charge in [0.05, 0.1) is 6.10 Å². The van der Waals surface area contributed by atoms with Gasteiger partial charge in [0.25, 0.3) is 0 Å². The number of benzene rings is 1.